The van der Waals surface area contributed by atoms with E-state index in [9.17, 15) is 4.79 Å². The maximum atomic E-state index is 12.4. The van der Waals surface area contributed by atoms with Crippen LogP contribution in [-0.2, 0) is 13.2 Å². The van der Waals surface area contributed by atoms with Gasteiger partial charge in [0.05, 0.1) is 0 Å². The highest BCUT2D eigenvalue weighted by Gasteiger charge is 2.13. The van der Waals surface area contributed by atoms with E-state index in [0.717, 1.165) is 27.1 Å². The summed E-state index contributed by atoms with van der Waals surface area (Å²) in [6, 6.07) is 20.7. The Morgan fingerprint density at radius 2 is 1.64 bits per heavy atom. The second-order valence-corrected chi connectivity index (χ2v) is 7.23. The molecule has 5 nitrogen and oxygen atoms in total. The van der Waals surface area contributed by atoms with Crippen molar-refractivity contribution in [2.24, 2.45) is 0 Å². The highest BCUT2D eigenvalue weighted by molar-refractivity contribution is 9.10. The van der Waals surface area contributed by atoms with Gasteiger partial charge >= 0.3 is 0 Å². The van der Waals surface area contributed by atoms with E-state index in [0.29, 0.717) is 24.5 Å². The van der Waals surface area contributed by atoms with Crippen molar-refractivity contribution in [2.75, 3.05) is 6.79 Å². The molecule has 1 N–H and O–H groups in total. The lowest BCUT2D eigenvalue weighted by Gasteiger charge is -2.08. The van der Waals surface area contributed by atoms with Crippen LogP contribution in [0.1, 0.15) is 21.5 Å². The highest BCUT2D eigenvalue weighted by Crippen LogP contribution is 2.32. The van der Waals surface area contributed by atoms with Crippen LogP contribution in [0.4, 0.5) is 0 Å². The molecule has 4 rings (SSSR count). The van der Waals surface area contributed by atoms with Crippen LogP contribution in [0.5, 0.6) is 17.2 Å². The Labute approximate surface area is 171 Å². The van der Waals surface area contributed by atoms with Gasteiger partial charge in [-0.15, -0.1) is 0 Å². The molecule has 6 heteroatoms. The number of nitrogens with one attached hydrogen (secondary N) is 1. The van der Waals surface area contributed by atoms with Crippen LogP contribution in [0, 0.1) is 0 Å². The van der Waals surface area contributed by atoms with Crippen LogP contribution in [-0.4, -0.2) is 12.7 Å². The molecule has 0 bridgehead atoms. The second kappa shape index (κ2) is 8.35. The summed E-state index contributed by atoms with van der Waals surface area (Å²) >= 11 is 3.40. The minimum absolute atomic E-state index is 0.127. The van der Waals surface area contributed by atoms with Crippen molar-refractivity contribution in [3.63, 3.8) is 0 Å². The van der Waals surface area contributed by atoms with Gasteiger partial charge < -0.3 is 19.5 Å². The monoisotopic (exact) mass is 439 g/mol. The van der Waals surface area contributed by atoms with Gasteiger partial charge in [-0.3, -0.25) is 4.79 Å². The minimum atomic E-state index is -0.127. The first-order valence-corrected chi connectivity index (χ1v) is 9.61. The highest BCUT2D eigenvalue weighted by atomic mass is 79.9. The van der Waals surface area contributed by atoms with Gasteiger partial charge in [-0.05, 0) is 59.7 Å². The molecule has 28 heavy (non-hydrogen) atoms. The Morgan fingerprint density at radius 3 is 2.43 bits per heavy atom. The summed E-state index contributed by atoms with van der Waals surface area (Å²) in [5.41, 5.74) is 2.56. The fraction of sp³-hybridized carbons (Fsp3) is 0.136. The summed E-state index contributed by atoms with van der Waals surface area (Å²) in [7, 11) is 0. The number of benzene rings is 3. The van der Waals surface area contributed by atoms with Gasteiger partial charge in [0.15, 0.2) is 11.5 Å². The van der Waals surface area contributed by atoms with Crippen LogP contribution < -0.4 is 19.5 Å². The molecule has 1 aliphatic heterocycles. The molecule has 0 aromatic heterocycles. The van der Waals surface area contributed by atoms with Gasteiger partial charge in [0.2, 0.25) is 6.79 Å². The summed E-state index contributed by atoms with van der Waals surface area (Å²) < 4.78 is 17.4. The van der Waals surface area contributed by atoms with Crippen molar-refractivity contribution < 1.29 is 19.0 Å². The fourth-order valence-corrected chi connectivity index (χ4v) is 3.05. The van der Waals surface area contributed by atoms with Gasteiger partial charge in [-0.25, -0.2) is 0 Å². The average Bonchev–Trinajstić information content (AvgIpc) is 3.20. The molecule has 1 heterocycles. The Bertz CT molecular complexity index is 971. The summed E-state index contributed by atoms with van der Waals surface area (Å²) in [5, 5.41) is 2.92. The number of ether oxygens (including phenoxy) is 3. The van der Waals surface area contributed by atoms with Crippen molar-refractivity contribution in [1.82, 2.24) is 5.32 Å². The topological polar surface area (TPSA) is 56.8 Å². The Balaban J connectivity index is 1.30. The average molecular weight is 440 g/mol. The zero-order valence-corrected chi connectivity index (χ0v) is 16.6. The first-order valence-electron chi connectivity index (χ1n) is 8.81. The molecule has 0 spiro atoms. The van der Waals surface area contributed by atoms with Crippen LogP contribution in [0.25, 0.3) is 0 Å². The molecular weight excluding hydrogens is 422 g/mol. The minimum Gasteiger partial charge on any atom is -0.489 e. The third-order valence-corrected chi connectivity index (χ3v) is 4.85. The van der Waals surface area contributed by atoms with Crippen LogP contribution in [0.3, 0.4) is 0 Å². The van der Waals surface area contributed by atoms with E-state index in [1.807, 2.05) is 54.6 Å². The summed E-state index contributed by atoms with van der Waals surface area (Å²) in [6.45, 7) is 1.10. The van der Waals surface area contributed by atoms with Gasteiger partial charge in [-0.2, -0.15) is 0 Å². The van der Waals surface area contributed by atoms with Crippen molar-refractivity contribution in [2.45, 2.75) is 13.2 Å². The number of amides is 1. The molecular formula is C22H18BrNO4. The smallest absolute Gasteiger partial charge is 0.251 e. The Kier molecular flexibility index (Phi) is 5.48. The van der Waals surface area contributed by atoms with Crippen molar-refractivity contribution in [3.05, 3.63) is 87.9 Å². The third kappa shape index (κ3) is 4.46. The van der Waals surface area contributed by atoms with E-state index in [1.165, 1.54) is 0 Å². The quantitative estimate of drug-likeness (QED) is 0.605. The van der Waals surface area contributed by atoms with E-state index in [-0.39, 0.29) is 12.7 Å². The predicted octanol–water partition coefficient (Wildman–Crippen LogP) is 4.69. The zero-order chi connectivity index (χ0) is 19.3. The molecule has 0 aliphatic carbocycles. The molecule has 0 fully saturated rings. The molecule has 0 radical (unpaired) electrons. The number of carbonyl (C=O) groups excluding carboxylic acids is 1. The number of carbonyl (C=O) groups is 1. The van der Waals surface area contributed by atoms with Gasteiger partial charge in [-0.1, -0.05) is 34.1 Å². The zero-order valence-electron chi connectivity index (χ0n) is 15.0. The number of rotatable bonds is 6. The van der Waals surface area contributed by atoms with E-state index >= 15 is 0 Å². The van der Waals surface area contributed by atoms with E-state index < -0.39 is 0 Å². The van der Waals surface area contributed by atoms with Crippen molar-refractivity contribution in [1.29, 1.82) is 0 Å². The lowest BCUT2D eigenvalue weighted by atomic mass is 10.1. The molecule has 3 aromatic rings. The lowest BCUT2D eigenvalue weighted by molar-refractivity contribution is 0.0950. The van der Waals surface area contributed by atoms with Crippen molar-refractivity contribution in [3.8, 4) is 17.2 Å². The maximum Gasteiger partial charge on any atom is 0.251 e. The normalized spacial score (nSPS) is 11.9. The molecule has 1 aliphatic rings. The summed E-state index contributed by atoms with van der Waals surface area (Å²) in [6.07, 6.45) is 0. The van der Waals surface area contributed by atoms with Crippen molar-refractivity contribution >= 4 is 21.8 Å². The largest absolute Gasteiger partial charge is 0.489 e. The number of halogens is 1. The predicted molar refractivity (Wildman–Crippen MR) is 109 cm³/mol. The second-order valence-electron chi connectivity index (χ2n) is 6.31. The number of hydrogen-bond donors (Lipinski definition) is 1. The number of hydrogen-bond acceptors (Lipinski definition) is 4. The van der Waals surface area contributed by atoms with Crippen LogP contribution in [0.2, 0.25) is 0 Å². The summed E-state index contributed by atoms with van der Waals surface area (Å²) in [4.78, 5) is 12.4. The van der Waals surface area contributed by atoms with E-state index in [2.05, 4.69) is 21.2 Å². The first kappa shape index (κ1) is 18.4. The van der Waals surface area contributed by atoms with Crippen LogP contribution >= 0.6 is 15.9 Å². The van der Waals surface area contributed by atoms with E-state index in [1.54, 1.807) is 12.1 Å². The molecule has 142 valence electrons. The van der Waals surface area contributed by atoms with E-state index in [4.69, 9.17) is 14.2 Å². The molecule has 0 atom stereocenters. The Morgan fingerprint density at radius 1 is 0.929 bits per heavy atom. The molecule has 3 aromatic carbocycles. The number of fused-ring (bicyclic) bond motifs is 1. The fourth-order valence-electron chi connectivity index (χ4n) is 2.79. The molecule has 0 unspecified atom stereocenters. The molecule has 1 amide bonds. The summed E-state index contributed by atoms with van der Waals surface area (Å²) in [5.74, 6) is 2.12. The standard InChI is InChI=1S/C22H18BrNO4/c23-18-6-8-19(9-7-18)26-13-15-1-4-17(5-2-15)22(25)24-12-16-3-10-20-21(11-16)28-14-27-20/h1-11H,12-14H2,(H,24,25). The van der Waals surface area contributed by atoms with Gasteiger partial charge in [0.1, 0.15) is 12.4 Å². The SMILES string of the molecule is O=C(NCc1ccc2c(c1)OCO2)c1ccc(COc2ccc(Br)cc2)cc1. The van der Waals surface area contributed by atoms with Crippen LogP contribution in [0.15, 0.2) is 71.2 Å². The third-order valence-electron chi connectivity index (χ3n) is 4.33. The lowest BCUT2D eigenvalue weighted by Crippen LogP contribution is -2.22. The van der Waals surface area contributed by atoms with Gasteiger partial charge in [0.25, 0.3) is 5.91 Å². The molecule has 0 saturated heterocycles. The maximum absolute atomic E-state index is 12.4. The first-order chi connectivity index (χ1) is 13.7. The molecule has 0 saturated carbocycles. The Hall–Kier alpha value is -2.99. The van der Waals surface area contributed by atoms with Gasteiger partial charge in [0, 0.05) is 16.6 Å².